The summed E-state index contributed by atoms with van der Waals surface area (Å²) in [6, 6.07) is 3.68. The molecule has 0 saturated heterocycles. The Bertz CT molecular complexity index is 476. The highest BCUT2D eigenvalue weighted by Gasteiger charge is 2.09. The van der Waals surface area contributed by atoms with Crippen molar-refractivity contribution in [2.45, 2.75) is 0 Å². The molecular weight excluding hydrogens is 206 g/mol. The number of thiophene rings is 2. The van der Waals surface area contributed by atoms with Gasteiger partial charge >= 0.3 is 0 Å². The van der Waals surface area contributed by atoms with Crippen LogP contribution in [-0.2, 0) is 4.79 Å². The zero-order chi connectivity index (χ0) is 9.26. The predicted molar refractivity (Wildman–Crippen MR) is 52.2 cm³/mol. The molecule has 0 radical (unpaired) electrons. The van der Waals surface area contributed by atoms with Gasteiger partial charge in [-0.05, 0) is 17.5 Å². The quantitative estimate of drug-likeness (QED) is 0.535. The summed E-state index contributed by atoms with van der Waals surface area (Å²) in [7, 11) is 0. The van der Waals surface area contributed by atoms with Crippen LogP contribution in [-0.4, -0.2) is 12.0 Å². The second-order valence-corrected chi connectivity index (χ2v) is 4.30. The Morgan fingerprint density at radius 3 is 3.00 bits per heavy atom. The van der Waals surface area contributed by atoms with Crippen molar-refractivity contribution >= 4 is 44.1 Å². The molecule has 0 unspecified atom stereocenters. The van der Waals surface area contributed by atoms with Crippen molar-refractivity contribution in [1.82, 2.24) is 0 Å². The van der Waals surface area contributed by atoms with Crippen molar-refractivity contribution in [1.29, 1.82) is 0 Å². The lowest BCUT2D eigenvalue weighted by molar-refractivity contribution is 0.101. The van der Waals surface area contributed by atoms with Gasteiger partial charge in [0.1, 0.15) is 0 Å². The number of isocyanates is 1. The summed E-state index contributed by atoms with van der Waals surface area (Å²) >= 11 is 2.90. The molecule has 0 aliphatic rings. The summed E-state index contributed by atoms with van der Waals surface area (Å²) < 4.78 is 2.10. The van der Waals surface area contributed by atoms with Gasteiger partial charge in [0.05, 0.1) is 4.88 Å². The molecule has 0 spiro atoms. The van der Waals surface area contributed by atoms with E-state index in [9.17, 15) is 9.59 Å². The molecule has 3 nitrogen and oxygen atoms in total. The normalized spacial score (nSPS) is 9.85. The first-order valence-electron chi connectivity index (χ1n) is 3.40. The Morgan fingerprint density at radius 2 is 2.31 bits per heavy atom. The monoisotopic (exact) mass is 209 g/mol. The van der Waals surface area contributed by atoms with Crippen LogP contribution in [0.15, 0.2) is 22.5 Å². The third-order valence-electron chi connectivity index (χ3n) is 1.50. The van der Waals surface area contributed by atoms with Crippen molar-refractivity contribution < 1.29 is 9.59 Å². The van der Waals surface area contributed by atoms with Crippen molar-refractivity contribution in [3.63, 3.8) is 0 Å². The number of nitrogens with zero attached hydrogens (tertiary/aromatic N) is 1. The highest BCUT2D eigenvalue weighted by molar-refractivity contribution is 7.27. The van der Waals surface area contributed by atoms with E-state index in [4.69, 9.17) is 0 Å². The van der Waals surface area contributed by atoms with E-state index in [0.29, 0.717) is 4.88 Å². The first-order valence-corrected chi connectivity index (χ1v) is 5.10. The average molecular weight is 209 g/mol. The van der Waals surface area contributed by atoms with Gasteiger partial charge in [-0.2, -0.15) is 0 Å². The Hall–Kier alpha value is -1.29. The van der Waals surface area contributed by atoms with Crippen LogP contribution in [0.3, 0.4) is 0 Å². The Kier molecular flexibility index (Phi) is 2.06. The molecule has 2 aromatic rings. The fourth-order valence-corrected chi connectivity index (χ4v) is 2.96. The molecule has 2 heterocycles. The molecule has 0 aliphatic heterocycles. The Labute approximate surface area is 81.3 Å². The molecule has 1 amide bonds. The molecular formula is C8H3NO2S2. The van der Waals surface area contributed by atoms with E-state index in [0.717, 1.165) is 9.40 Å². The van der Waals surface area contributed by atoms with Gasteiger partial charge in [-0.3, -0.25) is 4.79 Å². The average Bonchev–Trinajstić information content (AvgIpc) is 2.61. The highest BCUT2D eigenvalue weighted by atomic mass is 32.1. The van der Waals surface area contributed by atoms with Gasteiger partial charge in [-0.25, -0.2) is 4.79 Å². The maximum absolute atomic E-state index is 11.1. The lowest BCUT2D eigenvalue weighted by atomic mass is 10.4. The van der Waals surface area contributed by atoms with Crippen LogP contribution in [0.5, 0.6) is 0 Å². The Morgan fingerprint density at radius 1 is 1.46 bits per heavy atom. The number of hydrogen-bond acceptors (Lipinski definition) is 4. The van der Waals surface area contributed by atoms with E-state index in [2.05, 4.69) is 4.99 Å². The van der Waals surface area contributed by atoms with Crippen molar-refractivity contribution in [3.05, 3.63) is 22.4 Å². The zero-order valence-corrected chi connectivity index (χ0v) is 7.95. The topological polar surface area (TPSA) is 46.5 Å². The lowest BCUT2D eigenvalue weighted by Gasteiger charge is -1.80. The second-order valence-electron chi connectivity index (χ2n) is 2.27. The van der Waals surface area contributed by atoms with Gasteiger partial charge < -0.3 is 0 Å². The third-order valence-corrected chi connectivity index (χ3v) is 3.58. The van der Waals surface area contributed by atoms with E-state index in [1.807, 2.05) is 11.4 Å². The largest absolute Gasteiger partial charge is 0.297 e. The first-order chi connectivity index (χ1) is 6.31. The molecule has 2 rings (SSSR count). The number of fused-ring (bicyclic) bond motifs is 1. The van der Waals surface area contributed by atoms with Gasteiger partial charge in [0.15, 0.2) is 0 Å². The van der Waals surface area contributed by atoms with Crippen molar-refractivity contribution in [3.8, 4) is 0 Å². The summed E-state index contributed by atoms with van der Waals surface area (Å²) in [6.07, 6.45) is 1.24. The molecule has 0 aromatic carbocycles. The maximum Gasteiger partial charge on any atom is 0.297 e. The second kappa shape index (κ2) is 3.22. The standard InChI is InChI=1S/C8H3NO2S2/c10-4-9-8(11)7-3-6-5(13-7)1-2-12-6/h1-3H. The highest BCUT2D eigenvalue weighted by Crippen LogP contribution is 2.30. The van der Waals surface area contributed by atoms with Crippen molar-refractivity contribution in [2.75, 3.05) is 0 Å². The fraction of sp³-hybridized carbons (Fsp3) is 0. The van der Waals surface area contributed by atoms with Gasteiger partial charge in [-0.1, -0.05) is 0 Å². The minimum Gasteiger partial charge on any atom is -0.265 e. The van der Waals surface area contributed by atoms with Crippen LogP contribution in [0.25, 0.3) is 9.40 Å². The zero-order valence-electron chi connectivity index (χ0n) is 6.31. The molecule has 0 atom stereocenters. The first kappa shape index (κ1) is 8.31. The predicted octanol–water partition coefficient (Wildman–Crippen LogP) is 2.44. The molecule has 64 valence electrons. The lowest BCUT2D eigenvalue weighted by Crippen LogP contribution is -1.87. The summed E-state index contributed by atoms with van der Waals surface area (Å²) in [5.41, 5.74) is 0. The molecule has 0 N–H and O–H groups in total. The molecule has 2 aromatic heterocycles. The summed E-state index contributed by atoms with van der Waals surface area (Å²) in [4.78, 5) is 24.5. The minimum atomic E-state index is -0.511. The number of rotatable bonds is 1. The van der Waals surface area contributed by atoms with E-state index in [1.54, 1.807) is 17.4 Å². The van der Waals surface area contributed by atoms with Crippen molar-refractivity contribution in [2.24, 2.45) is 4.99 Å². The van der Waals surface area contributed by atoms with E-state index in [1.165, 1.54) is 17.4 Å². The molecule has 0 fully saturated rings. The third kappa shape index (κ3) is 1.45. The van der Waals surface area contributed by atoms with E-state index < -0.39 is 5.91 Å². The number of hydrogen-bond donors (Lipinski definition) is 0. The fourth-order valence-electron chi connectivity index (χ4n) is 0.968. The molecule has 5 heteroatoms. The molecule has 0 bridgehead atoms. The Balaban J connectivity index is 2.50. The van der Waals surface area contributed by atoms with Crippen LogP contribution in [0.2, 0.25) is 0 Å². The molecule has 0 aliphatic carbocycles. The summed E-state index contributed by atoms with van der Waals surface area (Å²) in [5, 5.41) is 1.96. The molecule has 13 heavy (non-hydrogen) atoms. The van der Waals surface area contributed by atoms with Gasteiger partial charge in [0.2, 0.25) is 6.08 Å². The molecule has 0 saturated carbocycles. The number of amides is 1. The van der Waals surface area contributed by atoms with Crippen LogP contribution in [0.4, 0.5) is 0 Å². The van der Waals surface area contributed by atoms with Crippen LogP contribution in [0, 0.1) is 0 Å². The van der Waals surface area contributed by atoms with Gasteiger partial charge in [0, 0.05) is 9.40 Å². The minimum absolute atomic E-state index is 0.491. The van der Waals surface area contributed by atoms with Crippen LogP contribution < -0.4 is 0 Å². The smallest absolute Gasteiger partial charge is 0.265 e. The summed E-state index contributed by atoms with van der Waals surface area (Å²) in [6.45, 7) is 0. The van der Waals surface area contributed by atoms with Crippen LogP contribution in [0.1, 0.15) is 9.67 Å². The number of aliphatic imine (C=N–C) groups is 1. The number of carbonyl (C=O) groups excluding carboxylic acids is 2. The van der Waals surface area contributed by atoms with E-state index in [-0.39, 0.29) is 0 Å². The van der Waals surface area contributed by atoms with Crippen LogP contribution >= 0.6 is 22.7 Å². The number of carbonyl (C=O) groups is 1. The van der Waals surface area contributed by atoms with Gasteiger partial charge in [0.25, 0.3) is 5.91 Å². The maximum atomic E-state index is 11.1. The van der Waals surface area contributed by atoms with E-state index >= 15 is 0 Å². The summed E-state index contributed by atoms with van der Waals surface area (Å²) in [5.74, 6) is -0.511. The van der Waals surface area contributed by atoms with Gasteiger partial charge in [-0.15, -0.1) is 27.7 Å². The SMILES string of the molecule is O=C=NC(=O)c1cc2sccc2s1.